The Balaban J connectivity index is 2.24. The molecule has 0 saturated carbocycles. The zero-order valence-corrected chi connectivity index (χ0v) is 14.2. The number of fused-ring (bicyclic) bond motifs is 1. The number of ether oxygens (including phenoxy) is 2. The van der Waals surface area contributed by atoms with Crippen LogP contribution in [0.3, 0.4) is 0 Å². The van der Waals surface area contributed by atoms with Crippen LogP contribution in [0.4, 0.5) is 15.8 Å². The van der Waals surface area contributed by atoms with E-state index < -0.39 is 26.5 Å². The molecule has 2 aromatic rings. The summed E-state index contributed by atoms with van der Waals surface area (Å²) in [6, 6.07) is 9.93. The monoisotopic (exact) mass is 363 g/mol. The minimum atomic E-state index is -4.11. The molecule has 3 rings (SSSR count). The first-order valence-corrected chi connectivity index (χ1v) is 8.65. The molecule has 1 aliphatic heterocycles. The van der Waals surface area contributed by atoms with E-state index in [1.54, 1.807) is 24.3 Å². The highest BCUT2D eigenvalue weighted by molar-refractivity contribution is 7.96. The molecular weight excluding hydrogens is 349 g/mol. The molecule has 0 aromatic heterocycles. The first-order chi connectivity index (χ1) is 11.9. The average molecular weight is 363 g/mol. The summed E-state index contributed by atoms with van der Waals surface area (Å²) in [5.41, 5.74) is 0.641. The van der Waals surface area contributed by atoms with Crippen molar-refractivity contribution < 1.29 is 27.1 Å². The Labute approximate surface area is 144 Å². The summed E-state index contributed by atoms with van der Waals surface area (Å²) in [4.78, 5) is 12.7. The van der Waals surface area contributed by atoms with Gasteiger partial charge in [0.05, 0.1) is 24.8 Å². The van der Waals surface area contributed by atoms with Crippen LogP contribution < -0.4 is 9.64 Å². The van der Waals surface area contributed by atoms with Gasteiger partial charge in [0.1, 0.15) is 11.6 Å². The molecule has 1 heterocycles. The Bertz CT molecular complexity index is 967. The lowest BCUT2D eigenvalue weighted by molar-refractivity contribution is -0.135. The molecule has 0 N–H and O–H groups in total. The van der Waals surface area contributed by atoms with Crippen LogP contribution >= 0.6 is 0 Å². The minimum Gasteiger partial charge on any atom is -0.497 e. The Morgan fingerprint density at radius 2 is 1.76 bits per heavy atom. The number of methoxy groups -OCH3 is 2. The van der Waals surface area contributed by atoms with E-state index in [1.165, 1.54) is 12.0 Å². The Morgan fingerprint density at radius 3 is 2.36 bits per heavy atom. The predicted molar refractivity (Wildman–Crippen MR) is 88.8 cm³/mol. The van der Waals surface area contributed by atoms with Crippen molar-refractivity contribution in [2.75, 3.05) is 19.1 Å². The van der Waals surface area contributed by atoms with Gasteiger partial charge in [-0.25, -0.2) is 17.6 Å². The normalized spacial score (nSPS) is 15.2. The van der Waals surface area contributed by atoms with Crippen LogP contribution in [0, 0.1) is 5.82 Å². The lowest BCUT2D eigenvalue weighted by Crippen LogP contribution is -2.26. The summed E-state index contributed by atoms with van der Waals surface area (Å²) in [5.74, 6) is -0.985. The molecule has 0 saturated heterocycles. The van der Waals surface area contributed by atoms with E-state index >= 15 is 0 Å². The van der Waals surface area contributed by atoms with Gasteiger partial charge >= 0.3 is 5.97 Å². The van der Waals surface area contributed by atoms with Gasteiger partial charge in [0.2, 0.25) is 9.84 Å². The number of halogens is 1. The quantitative estimate of drug-likeness (QED) is 0.617. The van der Waals surface area contributed by atoms with E-state index in [1.807, 2.05) is 0 Å². The van der Waals surface area contributed by atoms with Crippen molar-refractivity contribution in [2.24, 2.45) is 0 Å². The van der Waals surface area contributed by atoms with Gasteiger partial charge in [-0.1, -0.05) is 0 Å². The van der Waals surface area contributed by atoms with Gasteiger partial charge in [-0.05, 0) is 42.5 Å². The van der Waals surface area contributed by atoms with Crippen LogP contribution in [-0.4, -0.2) is 28.6 Å². The van der Waals surface area contributed by atoms with Crippen molar-refractivity contribution in [2.45, 2.75) is 4.90 Å². The van der Waals surface area contributed by atoms with E-state index in [4.69, 9.17) is 4.74 Å². The van der Waals surface area contributed by atoms with Crippen LogP contribution in [0.1, 0.15) is 0 Å². The summed E-state index contributed by atoms with van der Waals surface area (Å²) in [7, 11) is -1.50. The smallest absolute Gasteiger partial charge is 0.351 e. The molecule has 0 aliphatic carbocycles. The Kier molecular flexibility index (Phi) is 4.22. The summed E-state index contributed by atoms with van der Waals surface area (Å²) in [5, 5.41) is 0. The minimum absolute atomic E-state index is 0.109. The molecule has 2 aromatic carbocycles. The summed E-state index contributed by atoms with van der Waals surface area (Å²) in [6.07, 6.45) is 1.13. The van der Waals surface area contributed by atoms with Gasteiger partial charge < -0.3 is 14.4 Å². The molecule has 130 valence electrons. The van der Waals surface area contributed by atoms with E-state index in [9.17, 15) is 17.6 Å². The van der Waals surface area contributed by atoms with Gasteiger partial charge in [-0.15, -0.1) is 0 Å². The van der Waals surface area contributed by atoms with Gasteiger partial charge in [0, 0.05) is 11.9 Å². The van der Waals surface area contributed by atoms with Gasteiger partial charge in [0.25, 0.3) is 0 Å². The maximum atomic E-state index is 13.7. The van der Waals surface area contributed by atoms with Crippen molar-refractivity contribution in [1.82, 2.24) is 0 Å². The summed E-state index contributed by atoms with van der Waals surface area (Å²) < 4.78 is 48.7. The van der Waals surface area contributed by atoms with Crippen LogP contribution in [0.15, 0.2) is 58.5 Å². The van der Waals surface area contributed by atoms with E-state index in [0.29, 0.717) is 11.4 Å². The first-order valence-electron chi connectivity index (χ1n) is 7.16. The van der Waals surface area contributed by atoms with E-state index in [2.05, 4.69) is 4.74 Å². The number of hydrogen-bond donors (Lipinski definition) is 0. The van der Waals surface area contributed by atoms with Crippen molar-refractivity contribution in [3.05, 3.63) is 59.4 Å². The molecule has 1 aliphatic rings. The molecule has 0 amide bonds. The standard InChI is InChI=1S/C17H14FNO5S/c1-23-13-6-4-12(5-7-13)19-10-16(17(20)24-2)25(21,22)15-8-3-11(18)9-14(15)19/h3-10H,1-2H3. The second kappa shape index (κ2) is 6.21. The largest absolute Gasteiger partial charge is 0.497 e. The highest BCUT2D eigenvalue weighted by Gasteiger charge is 2.36. The van der Waals surface area contributed by atoms with Crippen LogP contribution in [0.25, 0.3) is 0 Å². The molecule has 0 spiro atoms. The lowest BCUT2D eigenvalue weighted by atomic mass is 10.2. The van der Waals surface area contributed by atoms with Crippen LogP contribution in [0.2, 0.25) is 0 Å². The number of hydrogen-bond acceptors (Lipinski definition) is 6. The molecule has 25 heavy (non-hydrogen) atoms. The number of rotatable bonds is 3. The fourth-order valence-corrected chi connectivity index (χ4v) is 3.96. The third-order valence-corrected chi connectivity index (χ3v) is 5.52. The molecule has 0 unspecified atom stereocenters. The number of nitrogens with zero attached hydrogens (tertiary/aromatic N) is 1. The van der Waals surface area contributed by atoms with Gasteiger partial charge in [-0.3, -0.25) is 0 Å². The second-order valence-electron chi connectivity index (χ2n) is 5.17. The number of sulfone groups is 1. The molecular formula is C17H14FNO5S. The van der Waals surface area contributed by atoms with Crippen molar-refractivity contribution in [3.8, 4) is 5.75 Å². The molecule has 0 fully saturated rings. The number of anilines is 2. The third-order valence-electron chi connectivity index (χ3n) is 3.74. The van der Waals surface area contributed by atoms with Crippen molar-refractivity contribution in [3.63, 3.8) is 0 Å². The van der Waals surface area contributed by atoms with E-state index in [-0.39, 0.29) is 10.6 Å². The van der Waals surface area contributed by atoms with Crippen molar-refractivity contribution >= 4 is 27.2 Å². The van der Waals surface area contributed by atoms with Crippen molar-refractivity contribution in [1.29, 1.82) is 0 Å². The highest BCUT2D eigenvalue weighted by Crippen LogP contribution is 2.40. The van der Waals surface area contributed by atoms with Gasteiger partial charge in [0.15, 0.2) is 4.91 Å². The summed E-state index contributed by atoms with van der Waals surface area (Å²) >= 11 is 0. The fraction of sp³-hybridized carbons (Fsp3) is 0.118. The topological polar surface area (TPSA) is 72.9 Å². The maximum Gasteiger partial charge on any atom is 0.351 e. The maximum absolute atomic E-state index is 13.7. The number of benzene rings is 2. The third kappa shape index (κ3) is 2.85. The Morgan fingerprint density at radius 1 is 1.08 bits per heavy atom. The van der Waals surface area contributed by atoms with E-state index in [0.717, 1.165) is 31.5 Å². The number of carbonyl (C=O) groups is 1. The van der Waals surface area contributed by atoms with Crippen LogP contribution in [0.5, 0.6) is 5.75 Å². The first kappa shape index (κ1) is 17.0. The molecule has 0 atom stereocenters. The average Bonchev–Trinajstić information content (AvgIpc) is 2.61. The molecule has 8 heteroatoms. The lowest BCUT2D eigenvalue weighted by Gasteiger charge is -2.28. The van der Waals surface area contributed by atoms with Crippen LogP contribution in [-0.2, 0) is 19.4 Å². The Hall–Kier alpha value is -2.87. The van der Waals surface area contributed by atoms with Gasteiger partial charge in [-0.2, -0.15) is 0 Å². The predicted octanol–water partition coefficient (Wildman–Crippen LogP) is 2.77. The molecule has 0 radical (unpaired) electrons. The molecule has 6 nitrogen and oxygen atoms in total. The molecule has 0 bridgehead atoms. The zero-order valence-electron chi connectivity index (χ0n) is 13.4. The second-order valence-corrected chi connectivity index (χ2v) is 7.05. The number of carbonyl (C=O) groups excluding carboxylic acids is 1. The number of esters is 1. The summed E-state index contributed by atoms with van der Waals surface area (Å²) in [6.45, 7) is 0. The fourth-order valence-electron chi connectivity index (χ4n) is 2.50. The SMILES string of the molecule is COC(=O)C1=CN(c2ccc(OC)cc2)c2cc(F)ccc2S1(=O)=O. The highest BCUT2D eigenvalue weighted by atomic mass is 32.2. The zero-order chi connectivity index (χ0) is 18.2.